The molecule has 0 fully saturated rings. The maximum atomic E-state index is 5.61. The van der Waals surface area contributed by atoms with E-state index in [1.807, 2.05) is 18.2 Å². The van der Waals surface area contributed by atoms with Crippen molar-refractivity contribution in [3.8, 4) is 17.6 Å². The molecule has 1 aromatic rings. The van der Waals surface area contributed by atoms with Gasteiger partial charge in [0.2, 0.25) is 0 Å². The van der Waals surface area contributed by atoms with Gasteiger partial charge in [-0.2, -0.15) is 0 Å². The van der Waals surface area contributed by atoms with Crippen molar-refractivity contribution in [3.05, 3.63) is 29.3 Å². The molecule has 1 rings (SSSR count). The molecule has 0 radical (unpaired) electrons. The summed E-state index contributed by atoms with van der Waals surface area (Å²) in [6.07, 6.45) is 2.22. The summed E-state index contributed by atoms with van der Waals surface area (Å²) in [6.45, 7) is 3.85. The van der Waals surface area contributed by atoms with Gasteiger partial charge in [0.25, 0.3) is 0 Å². The number of hydrogen-bond acceptors (Lipinski definition) is 3. The van der Waals surface area contributed by atoms with Gasteiger partial charge in [0.15, 0.2) is 0 Å². The third kappa shape index (κ3) is 4.79. The van der Waals surface area contributed by atoms with E-state index in [0.717, 1.165) is 36.3 Å². The molecule has 3 nitrogen and oxygen atoms in total. The number of benzene rings is 1. The van der Waals surface area contributed by atoms with Gasteiger partial charge in [0.1, 0.15) is 5.75 Å². The zero-order valence-corrected chi connectivity index (χ0v) is 11.2. The maximum absolute atomic E-state index is 5.61. The number of rotatable bonds is 6. The van der Waals surface area contributed by atoms with Crippen molar-refractivity contribution in [3.63, 3.8) is 0 Å². The van der Waals surface area contributed by atoms with E-state index in [1.54, 1.807) is 7.11 Å². The average Bonchev–Trinajstić information content (AvgIpc) is 2.41. The van der Waals surface area contributed by atoms with Crippen LogP contribution in [0.4, 0.5) is 0 Å². The zero-order valence-electron chi connectivity index (χ0n) is 11.2. The Labute approximate surface area is 109 Å². The SMILES string of the molecule is CCCCOCc1cc(C#CCN)ccc1OC. The summed E-state index contributed by atoms with van der Waals surface area (Å²) in [7, 11) is 1.66. The van der Waals surface area contributed by atoms with Crippen LogP contribution in [0.15, 0.2) is 18.2 Å². The molecule has 0 unspecified atom stereocenters. The van der Waals surface area contributed by atoms with E-state index in [1.165, 1.54) is 0 Å². The van der Waals surface area contributed by atoms with Gasteiger partial charge in [-0.3, -0.25) is 0 Å². The highest BCUT2D eigenvalue weighted by Gasteiger charge is 2.03. The van der Waals surface area contributed by atoms with E-state index in [2.05, 4.69) is 18.8 Å². The summed E-state index contributed by atoms with van der Waals surface area (Å²) >= 11 is 0. The fourth-order valence-corrected chi connectivity index (χ4v) is 1.55. The van der Waals surface area contributed by atoms with Gasteiger partial charge < -0.3 is 15.2 Å². The van der Waals surface area contributed by atoms with Crippen molar-refractivity contribution in [2.75, 3.05) is 20.3 Å². The standard InChI is InChI=1S/C15H21NO2/c1-3-4-10-18-12-14-11-13(6-5-9-16)7-8-15(14)17-2/h7-8,11H,3-4,9-10,12,16H2,1-2H3. The van der Waals surface area contributed by atoms with Crippen LogP contribution >= 0.6 is 0 Å². The minimum Gasteiger partial charge on any atom is -0.496 e. The largest absolute Gasteiger partial charge is 0.496 e. The third-order valence-corrected chi connectivity index (χ3v) is 2.51. The van der Waals surface area contributed by atoms with Crippen LogP contribution in [0.5, 0.6) is 5.75 Å². The van der Waals surface area contributed by atoms with Crippen molar-refractivity contribution in [1.29, 1.82) is 0 Å². The van der Waals surface area contributed by atoms with Gasteiger partial charge in [-0.25, -0.2) is 0 Å². The minimum atomic E-state index is 0.369. The summed E-state index contributed by atoms with van der Waals surface area (Å²) in [5, 5.41) is 0. The van der Waals surface area contributed by atoms with Gasteiger partial charge in [-0.05, 0) is 24.6 Å². The van der Waals surface area contributed by atoms with Crippen LogP contribution < -0.4 is 10.5 Å². The summed E-state index contributed by atoms with van der Waals surface area (Å²) < 4.78 is 10.9. The highest BCUT2D eigenvalue weighted by atomic mass is 16.5. The Morgan fingerprint density at radius 1 is 1.33 bits per heavy atom. The first-order valence-corrected chi connectivity index (χ1v) is 6.25. The second kappa shape index (κ2) is 8.57. The molecule has 0 atom stereocenters. The van der Waals surface area contributed by atoms with Crippen molar-refractivity contribution in [2.24, 2.45) is 5.73 Å². The van der Waals surface area contributed by atoms with Gasteiger partial charge in [-0.15, -0.1) is 0 Å². The van der Waals surface area contributed by atoms with Crippen LogP contribution in [0, 0.1) is 11.8 Å². The predicted octanol–water partition coefficient (Wildman–Crippen LogP) is 2.32. The van der Waals surface area contributed by atoms with E-state index in [0.29, 0.717) is 13.2 Å². The first-order chi connectivity index (χ1) is 8.81. The van der Waals surface area contributed by atoms with Gasteiger partial charge in [-0.1, -0.05) is 25.2 Å². The molecule has 2 N–H and O–H groups in total. The number of hydrogen-bond donors (Lipinski definition) is 1. The van der Waals surface area contributed by atoms with Crippen molar-refractivity contribution < 1.29 is 9.47 Å². The molecular weight excluding hydrogens is 226 g/mol. The maximum Gasteiger partial charge on any atom is 0.124 e. The number of ether oxygens (including phenoxy) is 2. The average molecular weight is 247 g/mol. The lowest BCUT2D eigenvalue weighted by Crippen LogP contribution is -1.99. The van der Waals surface area contributed by atoms with Crippen molar-refractivity contribution >= 4 is 0 Å². The van der Waals surface area contributed by atoms with E-state index in [9.17, 15) is 0 Å². The molecule has 0 aliphatic heterocycles. The van der Waals surface area contributed by atoms with Gasteiger partial charge in [0, 0.05) is 17.7 Å². The summed E-state index contributed by atoms with van der Waals surface area (Å²) in [5.41, 5.74) is 7.33. The Bertz CT molecular complexity index is 418. The number of nitrogens with two attached hydrogens (primary N) is 1. The molecular formula is C15H21NO2. The van der Waals surface area contributed by atoms with Crippen LogP contribution in [0.25, 0.3) is 0 Å². The Balaban J connectivity index is 2.72. The lowest BCUT2D eigenvalue weighted by Gasteiger charge is -2.09. The van der Waals surface area contributed by atoms with E-state index >= 15 is 0 Å². The Morgan fingerprint density at radius 3 is 2.83 bits per heavy atom. The van der Waals surface area contributed by atoms with Crippen molar-refractivity contribution in [2.45, 2.75) is 26.4 Å². The van der Waals surface area contributed by atoms with Crippen LogP contribution in [-0.2, 0) is 11.3 Å². The second-order valence-electron chi connectivity index (χ2n) is 3.94. The fraction of sp³-hybridized carbons (Fsp3) is 0.467. The number of unbranched alkanes of at least 4 members (excludes halogenated alkanes) is 1. The monoisotopic (exact) mass is 247 g/mol. The lowest BCUT2D eigenvalue weighted by molar-refractivity contribution is 0.116. The summed E-state index contributed by atoms with van der Waals surface area (Å²) in [4.78, 5) is 0. The Hall–Kier alpha value is -1.50. The molecule has 0 aliphatic rings. The molecule has 0 saturated heterocycles. The molecule has 0 heterocycles. The Morgan fingerprint density at radius 2 is 2.17 bits per heavy atom. The molecule has 3 heteroatoms. The molecule has 0 aromatic heterocycles. The minimum absolute atomic E-state index is 0.369. The Kier molecular flexibility index (Phi) is 6.93. The molecule has 0 aliphatic carbocycles. The molecule has 18 heavy (non-hydrogen) atoms. The van der Waals surface area contributed by atoms with Crippen LogP contribution in [0.1, 0.15) is 30.9 Å². The molecule has 1 aromatic carbocycles. The van der Waals surface area contributed by atoms with Crippen LogP contribution in [-0.4, -0.2) is 20.3 Å². The highest BCUT2D eigenvalue weighted by Crippen LogP contribution is 2.20. The molecule has 98 valence electrons. The van der Waals surface area contributed by atoms with E-state index in [-0.39, 0.29) is 0 Å². The molecule has 0 spiro atoms. The van der Waals surface area contributed by atoms with Crippen LogP contribution in [0.2, 0.25) is 0 Å². The second-order valence-corrected chi connectivity index (χ2v) is 3.94. The lowest BCUT2D eigenvalue weighted by atomic mass is 10.1. The van der Waals surface area contributed by atoms with Gasteiger partial charge >= 0.3 is 0 Å². The number of methoxy groups -OCH3 is 1. The quantitative estimate of drug-likeness (QED) is 0.620. The smallest absolute Gasteiger partial charge is 0.124 e. The van der Waals surface area contributed by atoms with Gasteiger partial charge in [0.05, 0.1) is 20.3 Å². The van der Waals surface area contributed by atoms with Crippen LogP contribution in [0.3, 0.4) is 0 Å². The molecule has 0 amide bonds. The van der Waals surface area contributed by atoms with E-state index in [4.69, 9.17) is 15.2 Å². The zero-order chi connectivity index (χ0) is 13.2. The first-order valence-electron chi connectivity index (χ1n) is 6.25. The summed E-state index contributed by atoms with van der Waals surface area (Å²) in [6, 6.07) is 5.84. The topological polar surface area (TPSA) is 44.5 Å². The first kappa shape index (κ1) is 14.6. The fourth-order valence-electron chi connectivity index (χ4n) is 1.55. The highest BCUT2D eigenvalue weighted by molar-refractivity contribution is 5.44. The molecule has 0 bridgehead atoms. The summed E-state index contributed by atoms with van der Waals surface area (Å²) in [5.74, 6) is 6.69. The third-order valence-electron chi connectivity index (χ3n) is 2.51. The van der Waals surface area contributed by atoms with Crippen molar-refractivity contribution in [1.82, 2.24) is 0 Å². The molecule has 0 saturated carbocycles. The normalized spacial score (nSPS) is 9.72. The predicted molar refractivity (Wildman–Crippen MR) is 73.5 cm³/mol. The van der Waals surface area contributed by atoms with E-state index < -0.39 is 0 Å².